The van der Waals surface area contributed by atoms with E-state index < -0.39 is 11.4 Å². The summed E-state index contributed by atoms with van der Waals surface area (Å²) in [5, 5.41) is 12.0. The highest BCUT2D eigenvalue weighted by Crippen LogP contribution is 2.31. The Morgan fingerprint density at radius 2 is 2.24 bits per heavy atom. The minimum atomic E-state index is -0.516. The lowest BCUT2D eigenvalue weighted by molar-refractivity contribution is 0.0642. The predicted molar refractivity (Wildman–Crippen MR) is 61.9 cm³/mol. The molecular weight excluding hydrogens is 223 g/mol. The van der Waals surface area contributed by atoms with Crippen molar-refractivity contribution in [1.29, 1.82) is 0 Å². The molecule has 1 fully saturated rings. The standard InChI is InChI=1S/C12H15FN2O2/c13-8-2-3-9(10(14)6-8)11(17)15-12(7-16)4-1-5-12/h2-3,6,16H,1,4-5,7,14H2,(H,15,17). The van der Waals surface area contributed by atoms with Gasteiger partial charge in [-0.25, -0.2) is 4.39 Å². The van der Waals surface area contributed by atoms with Gasteiger partial charge in [0.2, 0.25) is 0 Å². The second-order valence-corrected chi connectivity index (χ2v) is 4.48. The summed E-state index contributed by atoms with van der Waals surface area (Å²) in [7, 11) is 0. The van der Waals surface area contributed by atoms with Crippen molar-refractivity contribution in [3.05, 3.63) is 29.6 Å². The molecule has 2 rings (SSSR count). The predicted octanol–water partition coefficient (Wildman–Crippen LogP) is 1.05. The smallest absolute Gasteiger partial charge is 0.253 e. The number of anilines is 1. The highest BCUT2D eigenvalue weighted by atomic mass is 19.1. The van der Waals surface area contributed by atoms with Crippen LogP contribution in [0.4, 0.5) is 10.1 Å². The summed E-state index contributed by atoms with van der Waals surface area (Å²) < 4.78 is 12.8. The maximum atomic E-state index is 12.8. The van der Waals surface area contributed by atoms with Gasteiger partial charge >= 0.3 is 0 Å². The Bertz CT molecular complexity index is 439. The number of nitrogen functional groups attached to an aromatic ring is 1. The molecule has 4 N–H and O–H groups in total. The molecule has 1 aromatic carbocycles. The van der Waals surface area contributed by atoms with Crippen molar-refractivity contribution in [2.24, 2.45) is 0 Å². The van der Waals surface area contributed by atoms with E-state index in [1.165, 1.54) is 12.1 Å². The van der Waals surface area contributed by atoms with Gasteiger partial charge in [-0.15, -0.1) is 0 Å². The third-order valence-corrected chi connectivity index (χ3v) is 3.25. The molecule has 0 radical (unpaired) electrons. The number of halogens is 1. The van der Waals surface area contributed by atoms with Gasteiger partial charge in [0.15, 0.2) is 0 Å². The van der Waals surface area contributed by atoms with E-state index in [0.717, 1.165) is 25.3 Å². The lowest BCUT2D eigenvalue weighted by Crippen LogP contribution is -2.56. The van der Waals surface area contributed by atoms with Crippen molar-refractivity contribution in [1.82, 2.24) is 5.32 Å². The van der Waals surface area contributed by atoms with Crippen LogP contribution < -0.4 is 11.1 Å². The lowest BCUT2D eigenvalue weighted by atomic mass is 9.77. The SMILES string of the molecule is Nc1cc(F)ccc1C(=O)NC1(CO)CCC1. The molecule has 17 heavy (non-hydrogen) atoms. The molecule has 0 spiro atoms. The Morgan fingerprint density at radius 1 is 1.53 bits per heavy atom. The molecule has 0 atom stereocenters. The van der Waals surface area contributed by atoms with Gasteiger partial charge in [-0.05, 0) is 37.5 Å². The number of aliphatic hydroxyl groups is 1. The van der Waals surface area contributed by atoms with Gasteiger partial charge in [-0.2, -0.15) is 0 Å². The maximum Gasteiger partial charge on any atom is 0.253 e. The summed E-state index contributed by atoms with van der Waals surface area (Å²) in [6.45, 7) is -0.0835. The second-order valence-electron chi connectivity index (χ2n) is 4.48. The van der Waals surface area contributed by atoms with Crippen molar-refractivity contribution < 1.29 is 14.3 Å². The monoisotopic (exact) mass is 238 g/mol. The van der Waals surface area contributed by atoms with Crippen LogP contribution in [0.3, 0.4) is 0 Å². The van der Waals surface area contributed by atoms with Crippen LogP contribution in [0.25, 0.3) is 0 Å². The normalized spacial score (nSPS) is 17.3. The van der Waals surface area contributed by atoms with Crippen LogP contribution >= 0.6 is 0 Å². The molecule has 5 heteroatoms. The molecule has 1 aromatic rings. The van der Waals surface area contributed by atoms with Crippen molar-refractivity contribution in [2.45, 2.75) is 24.8 Å². The molecule has 0 unspecified atom stereocenters. The maximum absolute atomic E-state index is 12.8. The topological polar surface area (TPSA) is 75.4 Å². The molecule has 4 nitrogen and oxygen atoms in total. The number of benzene rings is 1. The number of amides is 1. The average Bonchev–Trinajstić information content (AvgIpc) is 2.23. The molecule has 0 heterocycles. The minimum absolute atomic E-state index is 0.0835. The molecule has 0 bridgehead atoms. The summed E-state index contributed by atoms with van der Waals surface area (Å²) in [5.41, 5.74) is 5.41. The van der Waals surface area contributed by atoms with Gasteiger partial charge in [0.05, 0.1) is 17.7 Å². The molecule has 1 saturated carbocycles. The third-order valence-electron chi connectivity index (χ3n) is 3.25. The first-order valence-electron chi connectivity index (χ1n) is 5.55. The summed E-state index contributed by atoms with van der Waals surface area (Å²) in [4.78, 5) is 11.9. The zero-order valence-electron chi connectivity index (χ0n) is 9.37. The number of nitrogens with two attached hydrogens (primary N) is 1. The second kappa shape index (κ2) is 4.33. The van der Waals surface area contributed by atoms with Crippen LogP contribution in [0.2, 0.25) is 0 Å². The Labute approximate surface area is 98.6 Å². The fraction of sp³-hybridized carbons (Fsp3) is 0.417. The summed E-state index contributed by atoms with van der Waals surface area (Å²) in [6.07, 6.45) is 2.51. The molecule has 1 aliphatic rings. The lowest BCUT2D eigenvalue weighted by Gasteiger charge is -2.41. The molecular formula is C12H15FN2O2. The first-order chi connectivity index (χ1) is 8.06. The molecule has 1 amide bonds. The zero-order valence-corrected chi connectivity index (χ0v) is 9.37. The van der Waals surface area contributed by atoms with Crippen LogP contribution in [-0.2, 0) is 0 Å². The third kappa shape index (κ3) is 2.24. The van der Waals surface area contributed by atoms with E-state index in [-0.39, 0.29) is 23.8 Å². The highest BCUT2D eigenvalue weighted by Gasteiger charge is 2.38. The summed E-state index contributed by atoms with van der Waals surface area (Å²) in [6, 6.07) is 3.66. The number of aliphatic hydroxyl groups excluding tert-OH is 1. The van der Waals surface area contributed by atoms with Crippen LogP contribution in [0.5, 0.6) is 0 Å². The largest absolute Gasteiger partial charge is 0.398 e. The average molecular weight is 238 g/mol. The number of carbonyl (C=O) groups excluding carboxylic acids is 1. The molecule has 1 aliphatic carbocycles. The fourth-order valence-corrected chi connectivity index (χ4v) is 1.97. The molecule has 92 valence electrons. The molecule has 0 saturated heterocycles. The van der Waals surface area contributed by atoms with Crippen LogP contribution in [0.15, 0.2) is 18.2 Å². The number of hydrogen-bond acceptors (Lipinski definition) is 3. The number of nitrogens with one attached hydrogen (secondary N) is 1. The summed E-state index contributed by atoms with van der Waals surface area (Å²) >= 11 is 0. The zero-order chi connectivity index (χ0) is 12.5. The first-order valence-corrected chi connectivity index (χ1v) is 5.55. The van der Waals surface area contributed by atoms with Crippen molar-refractivity contribution in [3.63, 3.8) is 0 Å². The van der Waals surface area contributed by atoms with Crippen LogP contribution in [-0.4, -0.2) is 23.2 Å². The van der Waals surface area contributed by atoms with E-state index in [4.69, 9.17) is 5.73 Å². The van der Waals surface area contributed by atoms with E-state index in [1.54, 1.807) is 0 Å². The van der Waals surface area contributed by atoms with Gasteiger partial charge in [0.25, 0.3) is 5.91 Å². The van der Waals surface area contributed by atoms with Crippen LogP contribution in [0.1, 0.15) is 29.6 Å². The van der Waals surface area contributed by atoms with Gasteiger partial charge in [0.1, 0.15) is 5.82 Å². The Balaban J connectivity index is 2.14. The quantitative estimate of drug-likeness (QED) is 0.689. The van der Waals surface area contributed by atoms with E-state index in [0.29, 0.717) is 0 Å². The molecule has 0 aliphatic heterocycles. The van der Waals surface area contributed by atoms with Gasteiger partial charge in [0, 0.05) is 5.69 Å². The van der Waals surface area contributed by atoms with Gasteiger partial charge in [-0.3, -0.25) is 4.79 Å². The van der Waals surface area contributed by atoms with E-state index in [1.807, 2.05) is 0 Å². The van der Waals surface area contributed by atoms with Crippen molar-refractivity contribution >= 4 is 11.6 Å². The highest BCUT2D eigenvalue weighted by molar-refractivity contribution is 5.99. The first kappa shape index (κ1) is 11.9. The number of hydrogen-bond donors (Lipinski definition) is 3. The Hall–Kier alpha value is -1.62. The number of rotatable bonds is 3. The van der Waals surface area contributed by atoms with Gasteiger partial charge < -0.3 is 16.2 Å². The minimum Gasteiger partial charge on any atom is -0.398 e. The van der Waals surface area contributed by atoms with E-state index in [9.17, 15) is 14.3 Å². The van der Waals surface area contributed by atoms with Gasteiger partial charge in [-0.1, -0.05) is 0 Å². The fourth-order valence-electron chi connectivity index (χ4n) is 1.97. The van der Waals surface area contributed by atoms with E-state index in [2.05, 4.69) is 5.32 Å². The van der Waals surface area contributed by atoms with E-state index >= 15 is 0 Å². The molecule has 0 aromatic heterocycles. The Kier molecular flexibility index (Phi) is 3.02. The number of carbonyl (C=O) groups is 1. The van der Waals surface area contributed by atoms with Crippen molar-refractivity contribution in [3.8, 4) is 0 Å². The van der Waals surface area contributed by atoms with Crippen molar-refractivity contribution in [2.75, 3.05) is 12.3 Å². The summed E-state index contributed by atoms with van der Waals surface area (Å²) in [5.74, 6) is -0.837. The van der Waals surface area contributed by atoms with Crippen LogP contribution in [0, 0.1) is 5.82 Å². The Morgan fingerprint density at radius 3 is 2.71 bits per heavy atom.